The summed E-state index contributed by atoms with van der Waals surface area (Å²) in [6.45, 7) is 2.23. The number of ether oxygens (including phenoxy) is 2. The molecule has 0 radical (unpaired) electrons. The van der Waals surface area contributed by atoms with Crippen molar-refractivity contribution in [3.8, 4) is 5.75 Å². The zero-order valence-corrected chi connectivity index (χ0v) is 15.2. The van der Waals surface area contributed by atoms with Crippen molar-refractivity contribution in [2.45, 2.75) is 19.4 Å². The number of carbonyl (C=O) groups excluding carboxylic acids is 1. The molecule has 0 aromatic heterocycles. The number of carboxylic acid groups (broad SMARTS) is 1. The van der Waals surface area contributed by atoms with Crippen LogP contribution in [0.25, 0.3) is 0 Å². The lowest BCUT2D eigenvalue weighted by molar-refractivity contribution is -0.115. The van der Waals surface area contributed by atoms with Gasteiger partial charge in [0.15, 0.2) is 0 Å². The third kappa shape index (κ3) is 5.47. The lowest BCUT2D eigenvalue weighted by Gasteiger charge is -2.17. The second-order valence-electron chi connectivity index (χ2n) is 5.71. The van der Waals surface area contributed by atoms with Crippen molar-refractivity contribution >= 4 is 29.2 Å². The molecule has 7 heteroatoms. The van der Waals surface area contributed by atoms with Crippen molar-refractivity contribution in [3.05, 3.63) is 58.6 Å². The van der Waals surface area contributed by atoms with Crippen molar-refractivity contribution in [1.82, 2.24) is 0 Å². The molecule has 1 amide bonds. The molecule has 2 rings (SSSR count). The molecule has 2 aromatic carbocycles. The first-order valence-electron chi connectivity index (χ1n) is 7.97. The average molecular weight is 378 g/mol. The van der Waals surface area contributed by atoms with Gasteiger partial charge in [-0.1, -0.05) is 29.8 Å². The van der Waals surface area contributed by atoms with Crippen LogP contribution < -0.4 is 10.1 Å². The molecule has 0 aliphatic heterocycles. The average Bonchev–Trinajstić information content (AvgIpc) is 2.57. The molecule has 2 aromatic rings. The molecule has 0 bridgehead atoms. The standard InChI is InChI=1S/C19H20ClNO5/c1-12(11-25-2)26-17-8-7-14(20)10-16(17)21-18(22)9-13-5-3-4-6-15(13)19(23)24/h3-8,10,12H,9,11H2,1-2H3,(H,21,22)(H,23,24). The van der Waals surface area contributed by atoms with Crippen LogP contribution in [0.1, 0.15) is 22.8 Å². The number of hydrogen-bond donors (Lipinski definition) is 2. The van der Waals surface area contributed by atoms with E-state index in [2.05, 4.69) is 5.32 Å². The van der Waals surface area contributed by atoms with E-state index in [-0.39, 0.29) is 24.0 Å². The van der Waals surface area contributed by atoms with E-state index >= 15 is 0 Å². The van der Waals surface area contributed by atoms with Crippen molar-refractivity contribution in [2.24, 2.45) is 0 Å². The number of aromatic carboxylic acids is 1. The molecule has 0 aliphatic carbocycles. The molecule has 0 fully saturated rings. The number of carboxylic acids is 1. The second-order valence-corrected chi connectivity index (χ2v) is 6.15. The van der Waals surface area contributed by atoms with Crippen LogP contribution in [-0.2, 0) is 16.0 Å². The van der Waals surface area contributed by atoms with Crippen LogP contribution in [0.4, 0.5) is 5.69 Å². The molecule has 0 heterocycles. The smallest absolute Gasteiger partial charge is 0.335 e. The van der Waals surface area contributed by atoms with E-state index in [9.17, 15) is 14.7 Å². The van der Waals surface area contributed by atoms with Gasteiger partial charge in [-0.3, -0.25) is 4.79 Å². The number of carbonyl (C=O) groups is 2. The Balaban J connectivity index is 2.16. The largest absolute Gasteiger partial charge is 0.486 e. The lowest BCUT2D eigenvalue weighted by atomic mass is 10.0. The second kappa shape index (κ2) is 9.22. The highest BCUT2D eigenvalue weighted by atomic mass is 35.5. The molecule has 2 N–H and O–H groups in total. The molecular weight excluding hydrogens is 358 g/mol. The fourth-order valence-electron chi connectivity index (χ4n) is 2.44. The van der Waals surface area contributed by atoms with Gasteiger partial charge < -0.3 is 19.9 Å². The van der Waals surface area contributed by atoms with Crippen molar-refractivity contribution in [3.63, 3.8) is 0 Å². The summed E-state index contributed by atoms with van der Waals surface area (Å²) in [5.74, 6) is -0.988. The van der Waals surface area contributed by atoms with Crippen molar-refractivity contribution < 1.29 is 24.2 Å². The Bertz CT molecular complexity index is 793. The van der Waals surface area contributed by atoms with E-state index < -0.39 is 5.97 Å². The van der Waals surface area contributed by atoms with E-state index in [0.29, 0.717) is 28.6 Å². The van der Waals surface area contributed by atoms with Gasteiger partial charge in [-0.2, -0.15) is 0 Å². The Morgan fingerprint density at radius 3 is 2.65 bits per heavy atom. The number of nitrogens with one attached hydrogen (secondary N) is 1. The van der Waals surface area contributed by atoms with Crippen LogP contribution in [0.15, 0.2) is 42.5 Å². The predicted octanol–water partition coefficient (Wildman–Crippen LogP) is 3.63. The molecule has 0 saturated heterocycles. The Hall–Kier alpha value is -2.57. The topological polar surface area (TPSA) is 84.9 Å². The monoisotopic (exact) mass is 377 g/mol. The van der Waals surface area contributed by atoms with Gasteiger partial charge in [0.1, 0.15) is 11.9 Å². The minimum atomic E-state index is -1.08. The van der Waals surface area contributed by atoms with E-state index in [1.165, 1.54) is 6.07 Å². The maximum atomic E-state index is 12.4. The molecule has 0 aliphatic rings. The van der Waals surface area contributed by atoms with Gasteiger partial charge in [-0.05, 0) is 36.8 Å². The minimum absolute atomic E-state index is 0.0813. The first kappa shape index (κ1) is 19.8. The highest BCUT2D eigenvalue weighted by Crippen LogP contribution is 2.29. The first-order chi connectivity index (χ1) is 12.4. The van der Waals surface area contributed by atoms with Gasteiger partial charge in [0, 0.05) is 12.1 Å². The molecule has 138 valence electrons. The van der Waals surface area contributed by atoms with Gasteiger partial charge >= 0.3 is 5.97 Å². The number of rotatable bonds is 8. The van der Waals surface area contributed by atoms with Crippen LogP contribution in [0.3, 0.4) is 0 Å². The summed E-state index contributed by atoms with van der Waals surface area (Å²) in [5, 5.41) is 12.4. The quantitative estimate of drug-likeness (QED) is 0.733. The maximum absolute atomic E-state index is 12.4. The van der Waals surface area contributed by atoms with Crippen LogP contribution >= 0.6 is 11.6 Å². The molecule has 26 heavy (non-hydrogen) atoms. The van der Waals surface area contributed by atoms with Gasteiger partial charge in [-0.25, -0.2) is 4.79 Å². The number of methoxy groups -OCH3 is 1. The third-order valence-corrected chi connectivity index (χ3v) is 3.78. The molecule has 1 atom stereocenters. The fourth-order valence-corrected chi connectivity index (χ4v) is 2.61. The SMILES string of the molecule is COCC(C)Oc1ccc(Cl)cc1NC(=O)Cc1ccccc1C(=O)O. The number of anilines is 1. The van der Waals surface area contributed by atoms with Gasteiger partial charge in [-0.15, -0.1) is 0 Å². The summed E-state index contributed by atoms with van der Waals surface area (Å²) in [5.41, 5.74) is 0.937. The molecule has 0 spiro atoms. The molecular formula is C19H20ClNO5. The molecule has 0 saturated carbocycles. The van der Waals surface area contributed by atoms with E-state index in [1.807, 2.05) is 6.92 Å². The van der Waals surface area contributed by atoms with Gasteiger partial charge in [0.05, 0.1) is 24.3 Å². The summed E-state index contributed by atoms with van der Waals surface area (Å²) in [6.07, 6.45) is -0.299. The molecule has 1 unspecified atom stereocenters. The Labute approximate surface area is 156 Å². The maximum Gasteiger partial charge on any atom is 0.335 e. The Kier molecular flexibility index (Phi) is 7.00. The van der Waals surface area contributed by atoms with Crippen LogP contribution in [0.5, 0.6) is 5.75 Å². The van der Waals surface area contributed by atoms with Gasteiger partial charge in [0.2, 0.25) is 5.91 Å². The third-order valence-electron chi connectivity index (χ3n) is 3.54. The fraction of sp³-hybridized carbons (Fsp3) is 0.263. The van der Waals surface area contributed by atoms with E-state index in [0.717, 1.165) is 0 Å². The summed E-state index contributed by atoms with van der Waals surface area (Å²) < 4.78 is 10.8. The van der Waals surface area contributed by atoms with Crippen molar-refractivity contribution in [1.29, 1.82) is 0 Å². The van der Waals surface area contributed by atoms with Crippen LogP contribution in [0.2, 0.25) is 5.02 Å². The van der Waals surface area contributed by atoms with Crippen LogP contribution in [-0.4, -0.2) is 36.8 Å². The van der Waals surface area contributed by atoms with Gasteiger partial charge in [0.25, 0.3) is 0 Å². The number of benzene rings is 2. The first-order valence-corrected chi connectivity index (χ1v) is 8.34. The minimum Gasteiger partial charge on any atom is -0.486 e. The Morgan fingerprint density at radius 1 is 1.23 bits per heavy atom. The zero-order valence-electron chi connectivity index (χ0n) is 14.5. The van der Waals surface area contributed by atoms with E-state index in [4.69, 9.17) is 21.1 Å². The van der Waals surface area contributed by atoms with E-state index in [1.54, 1.807) is 43.5 Å². The Morgan fingerprint density at radius 2 is 1.96 bits per heavy atom. The normalized spacial score (nSPS) is 11.7. The summed E-state index contributed by atoms with van der Waals surface area (Å²) in [4.78, 5) is 23.7. The number of hydrogen-bond acceptors (Lipinski definition) is 4. The lowest BCUT2D eigenvalue weighted by Crippen LogP contribution is -2.20. The summed E-state index contributed by atoms with van der Waals surface area (Å²) >= 11 is 6.02. The zero-order chi connectivity index (χ0) is 19.1. The number of halogens is 1. The van der Waals surface area contributed by atoms with Crippen LogP contribution in [0, 0.1) is 0 Å². The predicted molar refractivity (Wildman–Crippen MR) is 99.2 cm³/mol. The molecule has 6 nitrogen and oxygen atoms in total. The summed E-state index contributed by atoms with van der Waals surface area (Å²) in [7, 11) is 1.57. The summed E-state index contributed by atoms with van der Waals surface area (Å²) in [6, 6.07) is 11.3. The highest BCUT2D eigenvalue weighted by molar-refractivity contribution is 6.31. The van der Waals surface area contributed by atoms with Crippen molar-refractivity contribution in [2.75, 3.05) is 19.0 Å². The highest BCUT2D eigenvalue weighted by Gasteiger charge is 2.15. The number of amides is 1.